The van der Waals surface area contributed by atoms with Crippen molar-refractivity contribution in [3.8, 4) is 0 Å². The molecule has 0 fully saturated rings. The van der Waals surface area contributed by atoms with Crippen LogP contribution in [0.3, 0.4) is 0 Å². The molecule has 0 aliphatic heterocycles. The summed E-state index contributed by atoms with van der Waals surface area (Å²) >= 11 is 0. The minimum Gasteiger partial charge on any atom is -0.321 e. The van der Waals surface area contributed by atoms with Crippen molar-refractivity contribution in [1.82, 2.24) is 15.2 Å². The van der Waals surface area contributed by atoms with Crippen LogP contribution in [0.1, 0.15) is 22.5 Å². The lowest BCUT2D eigenvalue weighted by molar-refractivity contribution is -0.111. The van der Waals surface area contributed by atoms with Crippen molar-refractivity contribution in [2.24, 2.45) is 0 Å². The van der Waals surface area contributed by atoms with Gasteiger partial charge in [0, 0.05) is 17.7 Å². The lowest BCUT2D eigenvalue weighted by atomic mass is 10.1. The molecule has 3 rings (SSSR count). The van der Waals surface area contributed by atoms with Crippen LogP contribution >= 0.6 is 0 Å². The number of anilines is 1. The number of aromatic nitrogens is 3. The molecule has 1 amide bonds. The third kappa shape index (κ3) is 3.13. The molecule has 0 aliphatic carbocycles. The Hall–Kier alpha value is -2.95. The SMILES string of the molecule is Cc1ccnc(C)c1NC(=O)/C=C/c1ccc2c(C)n[nH]c2c1. The predicted molar refractivity (Wildman–Crippen MR) is 92.2 cm³/mol. The summed E-state index contributed by atoms with van der Waals surface area (Å²) in [5.41, 5.74) is 5.44. The van der Waals surface area contributed by atoms with Crippen LogP contribution in [0.2, 0.25) is 0 Å². The minimum absolute atomic E-state index is 0.176. The molecule has 0 spiro atoms. The van der Waals surface area contributed by atoms with Gasteiger partial charge in [0.15, 0.2) is 0 Å². The number of aryl methyl sites for hydroxylation is 3. The highest BCUT2D eigenvalue weighted by Crippen LogP contribution is 2.19. The average molecular weight is 306 g/mol. The molecule has 3 aromatic rings. The maximum atomic E-state index is 12.1. The summed E-state index contributed by atoms with van der Waals surface area (Å²) in [5, 5.41) is 11.1. The van der Waals surface area contributed by atoms with E-state index in [0.29, 0.717) is 0 Å². The molecule has 0 saturated heterocycles. The zero-order valence-corrected chi connectivity index (χ0v) is 13.3. The van der Waals surface area contributed by atoms with Crippen molar-refractivity contribution in [3.05, 3.63) is 59.1 Å². The van der Waals surface area contributed by atoms with Crippen molar-refractivity contribution in [3.63, 3.8) is 0 Å². The smallest absolute Gasteiger partial charge is 0.248 e. The summed E-state index contributed by atoms with van der Waals surface area (Å²) in [5.74, 6) is -0.176. The summed E-state index contributed by atoms with van der Waals surface area (Å²) in [7, 11) is 0. The first-order valence-corrected chi connectivity index (χ1v) is 7.40. The number of nitrogens with one attached hydrogen (secondary N) is 2. The quantitative estimate of drug-likeness (QED) is 0.727. The van der Waals surface area contributed by atoms with Gasteiger partial charge in [-0.2, -0.15) is 5.10 Å². The third-order valence-corrected chi connectivity index (χ3v) is 3.80. The van der Waals surface area contributed by atoms with Gasteiger partial charge in [0.1, 0.15) is 0 Å². The second kappa shape index (κ2) is 6.04. The van der Waals surface area contributed by atoms with Crippen LogP contribution in [0.15, 0.2) is 36.5 Å². The number of hydrogen-bond acceptors (Lipinski definition) is 3. The largest absolute Gasteiger partial charge is 0.321 e. The molecule has 2 aromatic heterocycles. The number of amides is 1. The van der Waals surface area contributed by atoms with Gasteiger partial charge in [-0.25, -0.2) is 0 Å². The van der Waals surface area contributed by atoms with E-state index in [-0.39, 0.29) is 5.91 Å². The fourth-order valence-electron chi connectivity index (χ4n) is 2.50. The molecule has 0 unspecified atom stereocenters. The van der Waals surface area contributed by atoms with Gasteiger partial charge in [-0.3, -0.25) is 14.9 Å². The zero-order chi connectivity index (χ0) is 16.4. The van der Waals surface area contributed by atoms with Crippen LogP contribution in [0.5, 0.6) is 0 Å². The molecule has 5 nitrogen and oxygen atoms in total. The second-order valence-corrected chi connectivity index (χ2v) is 5.52. The molecule has 5 heteroatoms. The monoisotopic (exact) mass is 306 g/mol. The number of hydrogen-bond donors (Lipinski definition) is 2. The van der Waals surface area contributed by atoms with E-state index in [9.17, 15) is 4.79 Å². The number of carbonyl (C=O) groups excluding carboxylic acids is 1. The molecule has 0 atom stereocenters. The predicted octanol–water partition coefficient (Wildman–Crippen LogP) is 3.54. The van der Waals surface area contributed by atoms with Crippen LogP contribution in [0, 0.1) is 20.8 Å². The van der Waals surface area contributed by atoms with Gasteiger partial charge >= 0.3 is 0 Å². The Kier molecular flexibility index (Phi) is 3.93. The van der Waals surface area contributed by atoms with E-state index in [0.717, 1.165) is 39.1 Å². The molecular formula is C18H18N4O. The van der Waals surface area contributed by atoms with E-state index >= 15 is 0 Å². The highest BCUT2D eigenvalue weighted by atomic mass is 16.1. The standard InChI is InChI=1S/C18H18N4O/c1-11-8-9-19-13(3)18(11)20-17(23)7-5-14-4-6-15-12(2)21-22-16(15)10-14/h4-10H,1-3H3,(H,20,23)(H,21,22)/b7-5+. The number of nitrogens with zero attached hydrogens (tertiary/aromatic N) is 2. The van der Waals surface area contributed by atoms with E-state index in [1.54, 1.807) is 12.3 Å². The van der Waals surface area contributed by atoms with Crippen molar-refractivity contribution in [1.29, 1.82) is 0 Å². The summed E-state index contributed by atoms with van der Waals surface area (Å²) < 4.78 is 0. The van der Waals surface area contributed by atoms with E-state index in [2.05, 4.69) is 20.5 Å². The third-order valence-electron chi connectivity index (χ3n) is 3.80. The Morgan fingerprint density at radius 2 is 2.00 bits per heavy atom. The maximum Gasteiger partial charge on any atom is 0.248 e. The number of aromatic amines is 1. The topological polar surface area (TPSA) is 70.7 Å². The van der Waals surface area contributed by atoms with E-state index < -0.39 is 0 Å². The Balaban J connectivity index is 1.77. The van der Waals surface area contributed by atoms with Crippen molar-refractivity contribution in [2.45, 2.75) is 20.8 Å². The number of rotatable bonds is 3. The summed E-state index contributed by atoms with van der Waals surface area (Å²) in [6.45, 7) is 5.78. The molecule has 0 aliphatic rings. The van der Waals surface area contributed by atoms with Gasteiger partial charge < -0.3 is 5.32 Å². The van der Waals surface area contributed by atoms with Crippen LogP contribution in [-0.4, -0.2) is 21.1 Å². The van der Waals surface area contributed by atoms with Gasteiger partial charge in [0.05, 0.1) is 22.6 Å². The van der Waals surface area contributed by atoms with Gasteiger partial charge in [-0.15, -0.1) is 0 Å². The Labute approximate surface area is 134 Å². The van der Waals surface area contributed by atoms with Gasteiger partial charge in [0.25, 0.3) is 0 Å². The van der Waals surface area contributed by atoms with Crippen LogP contribution in [0.4, 0.5) is 5.69 Å². The average Bonchev–Trinajstić information content (AvgIpc) is 2.90. The number of benzene rings is 1. The van der Waals surface area contributed by atoms with Gasteiger partial charge in [0.2, 0.25) is 5.91 Å². The molecular weight excluding hydrogens is 288 g/mol. The summed E-state index contributed by atoms with van der Waals surface area (Å²) in [6, 6.07) is 7.82. The first-order valence-electron chi connectivity index (χ1n) is 7.40. The first-order chi connectivity index (χ1) is 11.0. The molecule has 1 aromatic carbocycles. The van der Waals surface area contributed by atoms with Gasteiger partial charge in [-0.1, -0.05) is 12.1 Å². The normalized spacial score (nSPS) is 11.3. The number of carbonyl (C=O) groups is 1. The highest BCUT2D eigenvalue weighted by Gasteiger charge is 2.06. The second-order valence-electron chi connectivity index (χ2n) is 5.52. The Morgan fingerprint density at radius 1 is 1.17 bits per heavy atom. The zero-order valence-electron chi connectivity index (χ0n) is 13.3. The van der Waals surface area contributed by atoms with Crippen molar-refractivity contribution < 1.29 is 4.79 Å². The molecule has 0 saturated carbocycles. The number of fused-ring (bicyclic) bond motifs is 1. The molecule has 116 valence electrons. The Morgan fingerprint density at radius 3 is 2.78 bits per heavy atom. The first kappa shape index (κ1) is 15.0. The van der Waals surface area contributed by atoms with E-state index in [4.69, 9.17) is 0 Å². The molecule has 2 N–H and O–H groups in total. The summed E-state index contributed by atoms with van der Waals surface area (Å²) in [4.78, 5) is 16.3. The fraction of sp³-hybridized carbons (Fsp3) is 0.167. The van der Waals surface area contributed by atoms with Crippen molar-refractivity contribution in [2.75, 3.05) is 5.32 Å². The number of pyridine rings is 1. The van der Waals surface area contributed by atoms with Crippen LogP contribution in [-0.2, 0) is 4.79 Å². The minimum atomic E-state index is -0.176. The van der Waals surface area contributed by atoms with E-state index in [1.165, 1.54) is 6.08 Å². The highest BCUT2D eigenvalue weighted by molar-refractivity contribution is 6.02. The van der Waals surface area contributed by atoms with Crippen LogP contribution < -0.4 is 5.32 Å². The lowest BCUT2D eigenvalue weighted by Crippen LogP contribution is -2.10. The van der Waals surface area contributed by atoms with Crippen molar-refractivity contribution >= 4 is 28.6 Å². The van der Waals surface area contributed by atoms with E-state index in [1.807, 2.05) is 45.0 Å². The lowest BCUT2D eigenvalue weighted by Gasteiger charge is -2.08. The number of H-pyrrole nitrogens is 1. The maximum absolute atomic E-state index is 12.1. The van der Waals surface area contributed by atoms with Crippen LogP contribution in [0.25, 0.3) is 17.0 Å². The molecule has 0 radical (unpaired) electrons. The van der Waals surface area contributed by atoms with Gasteiger partial charge in [-0.05, 0) is 50.1 Å². The fourth-order valence-corrected chi connectivity index (χ4v) is 2.50. The molecule has 23 heavy (non-hydrogen) atoms. The Bertz CT molecular complexity index is 888. The molecule has 2 heterocycles. The molecule has 0 bridgehead atoms. The summed E-state index contributed by atoms with van der Waals surface area (Å²) in [6.07, 6.45) is 5.04.